The fraction of sp³-hybridized carbons (Fsp3) is 0.267. The van der Waals surface area contributed by atoms with Gasteiger partial charge in [0.05, 0.1) is 11.3 Å². The lowest BCUT2D eigenvalue weighted by Gasteiger charge is -2.08. The zero-order valence-electron chi connectivity index (χ0n) is 14.8. The quantitative estimate of drug-likeness (QED) is 0.581. The summed E-state index contributed by atoms with van der Waals surface area (Å²) >= 11 is 0.0475. The molecule has 0 atom stereocenters. The van der Waals surface area contributed by atoms with Gasteiger partial charge >= 0.3 is 12.4 Å². The van der Waals surface area contributed by atoms with Crippen molar-refractivity contribution in [2.24, 2.45) is 0 Å². The van der Waals surface area contributed by atoms with E-state index in [1.54, 1.807) is 0 Å². The Kier molecular flexibility index (Phi) is 5.30. The van der Waals surface area contributed by atoms with E-state index in [1.807, 2.05) is 0 Å². The van der Waals surface area contributed by atoms with Crippen LogP contribution in [0.1, 0.15) is 17.5 Å². The molecular weight excluding hydrogens is 460 g/mol. The molecule has 2 N–H and O–H groups in total. The molecule has 0 saturated heterocycles. The minimum absolute atomic E-state index is 0.0475. The predicted molar refractivity (Wildman–Crippen MR) is 94.6 cm³/mol. The largest absolute Gasteiger partial charge is 0.435 e. The lowest BCUT2D eigenvalue weighted by molar-refractivity contribution is -0.140. The predicted octanol–water partition coefficient (Wildman–Crippen LogP) is 3.80. The van der Waals surface area contributed by atoms with E-state index >= 15 is 0 Å². The molecule has 3 heterocycles. The molecule has 0 aromatic carbocycles. The Morgan fingerprint density at radius 1 is 1.07 bits per heavy atom. The van der Waals surface area contributed by atoms with Crippen molar-refractivity contribution in [1.29, 1.82) is 0 Å². The second-order valence-electron chi connectivity index (χ2n) is 5.77. The topological polar surface area (TPSA) is 104 Å². The van der Waals surface area contributed by atoms with Gasteiger partial charge in [0.25, 0.3) is 0 Å². The summed E-state index contributed by atoms with van der Waals surface area (Å²) in [4.78, 5) is 5.81. The van der Waals surface area contributed by atoms with Crippen LogP contribution in [0.5, 0.6) is 0 Å². The molecule has 0 spiro atoms. The number of hydrogen-bond donors (Lipinski definition) is 1. The molecule has 0 fully saturated rings. The average Bonchev–Trinajstić information content (AvgIpc) is 3.25. The highest BCUT2D eigenvalue weighted by atomic mass is 32.2. The van der Waals surface area contributed by atoms with Crippen molar-refractivity contribution in [3.05, 3.63) is 35.1 Å². The molecule has 3 rings (SSSR count). The second kappa shape index (κ2) is 7.23. The number of thiophene rings is 1. The van der Waals surface area contributed by atoms with Crippen LogP contribution in [0, 0.1) is 0 Å². The van der Waals surface area contributed by atoms with Crippen LogP contribution in [-0.4, -0.2) is 33.9 Å². The lowest BCUT2D eigenvalue weighted by Crippen LogP contribution is -2.15. The van der Waals surface area contributed by atoms with E-state index in [4.69, 9.17) is 5.73 Å². The number of halogens is 6. The van der Waals surface area contributed by atoms with Crippen molar-refractivity contribution < 1.29 is 34.8 Å². The molecule has 30 heavy (non-hydrogen) atoms. The summed E-state index contributed by atoms with van der Waals surface area (Å²) in [5.41, 5.74) is 3.41. The normalized spacial score (nSPS) is 13.0. The summed E-state index contributed by atoms with van der Waals surface area (Å²) in [5.74, 6) is -1.76. The number of nitrogens with zero attached hydrogens (tertiary/aromatic N) is 4. The molecule has 0 aliphatic rings. The van der Waals surface area contributed by atoms with Crippen molar-refractivity contribution in [1.82, 2.24) is 19.7 Å². The molecule has 0 aliphatic carbocycles. The molecule has 0 unspecified atom stereocenters. The van der Waals surface area contributed by atoms with Gasteiger partial charge in [-0.2, -0.15) is 36.1 Å². The van der Waals surface area contributed by atoms with Gasteiger partial charge < -0.3 is 5.73 Å². The first-order valence-electron chi connectivity index (χ1n) is 7.94. The summed E-state index contributed by atoms with van der Waals surface area (Å²) in [5, 5.41) is 2.67. The average molecular weight is 471 g/mol. The van der Waals surface area contributed by atoms with Gasteiger partial charge in [-0.15, -0.1) is 11.3 Å². The monoisotopic (exact) mass is 471 g/mol. The summed E-state index contributed by atoms with van der Waals surface area (Å²) < 4.78 is 104. The number of anilines is 1. The Morgan fingerprint density at radius 2 is 1.70 bits per heavy atom. The first kappa shape index (κ1) is 22.0. The number of aromatic nitrogens is 4. The molecule has 0 radical (unpaired) electrons. The van der Waals surface area contributed by atoms with E-state index in [1.165, 1.54) is 6.92 Å². The van der Waals surface area contributed by atoms with Gasteiger partial charge in [-0.1, -0.05) is 6.92 Å². The number of rotatable bonds is 4. The zero-order chi connectivity index (χ0) is 22.5. The van der Waals surface area contributed by atoms with Crippen LogP contribution in [0.2, 0.25) is 0 Å². The van der Waals surface area contributed by atoms with Crippen LogP contribution < -0.4 is 5.73 Å². The third-order valence-corrected chi connectivity index (χ3v) is 6.63. The highest BCUT2D eigenvalue weighted by Crippen LogP contribution is 2.45. The standard InChI is InChI=1S/C15H11F6N5O2S2/c1-2-30(27,28)13-12(23-5-6-24-13)26-11(22)9(10(25-26)15(19,20)21)7-3-4-8(29-7)14(16,17)18/h3-6H,2,22H2,1H3. The fourth-order valence-corrected chi connectivity index (χ4v) is 4.32. The van der Waals surface area contributed by atoms with Gasteiger partial charge in [0, 0.05) is 17.3 Å². The maximum atomic E-state index is 13.6. The lowest BCUT2D eigenvalue weighted by atomic mass is 10.2. The number of sulfone groups is 1. The van der Waals surface area contributed by atoms with Crippen molar-refractivity contribution in [3.8, 4) is 16.3 Å². The van der Waals surface area contributed by atoms with Crippen LogP contribution >= 0.6 is 11.3 Å². The molecular formula is C15H11F6N5O2S2. The zero-order valence-corrected chi connectivity index (χ0v) is 16.4. The fourth-order valence-electron chi connectivity index (χ4n) is 2.48. The van der Waals surface area contributed by atoms with Crippen LogP contribution in [0.25, 0.3) is 16.3 Å². The smallest absolute Gasteiger partial charge is 0.383 e. The van der Waals surface area contributed by atoms with Crippen LogP contribution in [-0.2, 0) is 22.2 Å². The summed E-state index contributed by atoms with van der Waals surface area (Å²) in [6.45, 7) is 1.29. The van der Waals surface area contributed by atoms with Gasteiger partial charge in [-0.05, 0) is 12.1 Å². The van der Waals surface area contributed by atoms with E-state index in [2.05, 4.69) is 15.1 Å². The van der Waals surface area contributed by atoms with Gasteiger partial charge in [0.2, 0.25) is 0 Å². The number of nitrogen functional groups attached to an aromatic ring is 1. The SMILES string of the molecule is CCS(=O)(=O)c1nccnc1-n1nc(C(F)(F)F)c(-c2ccc(C(F)(F)F)s2)c1N. The summed E-state index contributed by atoms with van der Waals surface area (Å²) in [6.07, 6.45) is -7.82. The minimum Gasteiger partial charge on any atom is -0.383 e. The molecule has 0 aliphatic heterocycles. The maximum absolute atomic E-state index is 13.6. The maximum Gasteiger partial charge on any atom is 0.435 e. The molecule has 0 bridgehead atoms. The molecule has 3 aromatic rings. The van der Waals surface area contributed by atoms with Crippen LogP contribution in [0.4, 0.5) is 32.2 Å². The Balaban J connectivity index is 2.31. The Bertz CT molecular complexity index is 1200. The molecule has 3 aromatic heterocycles. The first-order chi connectivity index (χ1) is 13.8. The highest BCUT2D eigenvalue weighted by Gasteiger charge is 2.42. The number of hydrogen-bond acceptors (Lipinski definition) is 7. The van der Waals surface area contributed by atoms with Gasteiger partial charge in [-0.25, -0.2) is 18.4 Å². The highest BCUT2D eigenvalue weighted by molar-refractivity contribution is 7.91. The Labute approximate surface area is 169 Å². The van der Waals surface area contributed by atoms with Crippen LogP contribution in [0.3, 0.4) is 0 Å². The third kappa shape index (κ3) is 3.86. The molecule has 162 valence electrons. The van der Waals surface area contributed by atoms with Gasteiger partial charge in [0.15, 0.2) is 26.4 Å². The molecule has 15 heteroatoms. The second-order valence-corrected chi connectivity index (χ2v) is 9.05. The van der Waals surface area contributed by atoms with Crippen molar-refractivity contribution in [3.63, 3.8) is 0 Å². The van der Waals surface area contributed by atoms with E-state index in [0.29, 0.717) is 10.7 Å². The minimum atomic E-state index is -5.09. The van der Waals surface area contributed by atoms with Gasteiger partial charge in [0.1, 0.15) is 10.7 Å². The van der Waals surface area contributed by atoms with Crippen molar-refractivity contribution in [2.45, 2.75) is 24.3 Å². The number of alkyl halides is 6. The van der Waals surface area contributed by atoms with E-state index < -0.39 is 65.6 Å². The van der Waals surface area contributed by atoms with E-state index in [-0.39, 0.29) is 11.3 Å². The van der Waals surface area contributed by atoms with Crippen molar-refractivity contribution in [2.75, 3.05) is 11.5 Å². The third-order valence-electron chi connectivity index (χ3n) is 3.84. The molecule has 0 amide bonds. The molecule has 7 nitrogen and oxygen atoms in total. The number of nitrogens with two attached hydrogens (primary N) is 1. The first-order valence-corrected chi connectivity index (χ1v) is 10.4. The Hall–Kier alpha value is -2.68. The van der Waals surface area contributed by atoms with E-state index in [9.17, 15) is 34.8 Å². The van der Waals surface area contributed by atoms with Crippen molar-refractivity contribution >= 4 is 27.0 Å². The summed E-state index contributed by atoms with van der Waals surface area (Å²) in [6, 6.07) is 1.45. The van der Waals surface area contributed by atoms with Gasteiger partial charge in [-0.3, -0.25) is 0 Å². The Morgan fingerprint density at radius 3 is 2.23 bits per heavy atom. The van der Waals surface area contributed by atoms with Crippen LogP contribution in [0.15, 0.2) is 29.6 Å². The van der Waals surface area contributed by atoms with E-state index in [0.717, 1.165) is 18.5 Å². The summed E-state index contributed by atoms with van der Waals surface area (Å²) in [7, 11) is -4.03. The molecule has 0 saturated carbocycles.